The van der Waals surface area contributed by atoms with Gasteiger partial charge in [-0.15, -0.1) is 0 Å². The Kier molecular flexibility index (Phi) is 3.57. The number of carbonyl (C=O) groups excluding carboxylic acids is 1. The molecular formula is C18H20N2O4. The Hall–Kier alpha value is -2.34. The minimum atomic E-state index is -0.937. The topological polar surface area (TPSA) is 80.6 Å². The quantitative estimate of drug-likeness (QED) is 0.895. The van der Waals surface area contributed by atoms with Gasteiger partial charge in [0.25, 0.3) is 0 Å². The maximum Gasteiger partial charge on any atom is 0.310 e. The van der Waals surface area contributed by atoms with E-state index >= 15 is 0 Å². The summed E-state index contributed by atoms with van der Waals surface area (Å²) in [6.07, 6.45) is 2.90. The molecule has 2 aliphatic rings. The smallest absolute Gasteiger partial charge is 0.310 e. The summed E-state index contributed by atoms with van der Waals surface area (Å²) < 4.78 is 7.69. The summed E-state index contributed by atoms with van der Waals surface area (Å²) >= 11 is 0. The number of amides is 1. The fourth-order valence-electron chi connectivity index (χ4n) is 4.15. The van der Waals surface area contributed by atoms with E-state index < -0.39 is 17.8 Å². The van der Waals surface area contributed by atoms with Gasteiger partial charge in [0.05, 0.1) is 24.0 Å². The minimum absolute atomic E-state index is 0.220. The number of nitrogens with one attached hydrogen (secondary N) is 1. The maximum absolute atomic E-state index is 12.6. The standard InChI is InChI=1S/C18H20N2O4/c1-20-8-7-11-10(3-2-4-12(11)20)9-19-17(21)15-13-5-6-14(24-13)16(15)18(22)23/h2-4,7-8,13-16H,5-6,9H2,1H3,(H,19,21)(H,22,23). The molecule has 6 nitrogen and oxygen atoms in total. The Morgan fingerprint density at radius 1 is 1.25 bits per heavy atom. The lowest BCUT2D eigenvalue weighted by atomic mass is 9.78. The number of carboxylic acids is 1. The van der Waals surface area contributed by atoms with E-state index in [0.29, 0.717) is 6.54 Å². The van der Waals surface area contributed by atoms with Gasteiger partial charge < -0.3 is 19.7 Å². The van der Waals surface area contributed by atoms with E-state index in [2.05, 4.69) is 5.32 Å². The van der Waals surface area contributed by atoms with Crippen molar-refractivity contribution in [3.05, 3.63) is 36.0 Å². The largest absolute Gasteiger partial charge is 0.481 e. The molecule has 2 bridgehead atoms. The summed E-state index contributed by atoms with van der Waals surface area (Å²) in [6, 6.07) is 8.00. The Balaban J connectivity index is 1.51. The van der Waals surface area contributed by atoms with Crippen LogP contribution < -0.4 is 5.32 Å². The normalized spacial score (nSPS) is 28.4. The molecular weight excluding hydrogens is 308 g/mol. The molecule has 6 heteroatoms. The van der Waals surface area contributed by atoms with E-state index in [9.17, 15) is 14.7 Å². The molecule has 2 aromatic rings. The van der Waals surface area contributed by atoms with Gasteiger partial charge in [0, 0.05) is 30.7 Å². The van der Waals surface area contributed by atoms with Crippen molar-refractivity contribution in [3.8, 4) is 0 Å². The van der Waals surface area contributed by atoms with Gasteiger partial charge in [-0.1, -0.05) is 12.1 Å². The van der Waals surface area contributed by atoms with E-state index in [1.807, 2.05) is 42.1 Å². The van der Waals surface area contributed by atoms with Gasteiger partial charge in [0.15, 0.2) is 0 Å². The highest BCUT2D eigenvalue weighted by Crippen LogP contribution is 2.43. The fraction of sp³-hybridized carbons (Fsp3) is 0.444. The molecule has 0 aliphatic carbocycles. The molecule has 24 heavy (non-hydrogen) atoms. The molecule has 0 saturated carbocycles. The van der Waals surface area contributed by atoms with Crippen LogP contribution in [0.25, 0.3) is 10.9 Å². The van der Waals surface area contributed by atoms with Crippen molar-refractivity contribution >= 4 is 22.8 Å². The number of aromatic nitrogens is 1. The number of fused-ring (bicyclic) bond motifs is 3. The Morgan fingerprint density at radius 2 is 2.00 bits per heavy atom. The number of aliphatic carboxylic acids is 1. The second-order valence-electron chi connectivity index (χ2n) is 6.67. The Bertz CT molecular complexity index is 812. The highest BCUT2D eigenvalue weighted by molar-refractivity contribution is 5.88. The van der Waals surface area contributed by atoms with Crippen LogP contribution in [-0.2, 0) is 27.9 Å². The number of nitrogens with zero attached hydrogens (tertiary/aromatic N) is 1. The first kappa shape index (κ1) is 15.2. The zero-order chi connectivity index (χ0) is 16.8. The van der Waals surface area contributed by atoms with Gasteiger partial charge in [-0.05, 0) is 30.5 Å². The van der Waals surface area contributed by atoms with Crippen LogP contribution in [0.3, 0.4) is 0 Å². The molecule has 1 aromatic heterocycles. The predicted molar refractivity (Wildman–Crippen MR) is 87.3 cm³/mol. The fourth-order valence-corrected chi connectivity index (χ4v) is 4.15. The zero-order valence-corrected chi connectivity index (χ0v) is 13.4. The van der Waals surface area contributed by atoms with Gasteiger partial charge in [0.1, 0.15) is 0 Å². The number of carbonyl (C=O) groups is 2. The average Bonchev–Trinajstić information content (AvgIpc) is 3.27. The third-order valence-corrected chi connectivity index (χ3v) is 5.33. The number of rotatable bonds is 4. The van der Waals surface area contributed by atoms with Crippen molar-refractivity contribution in [1.29, 1.82) is 0 Å². The first-order chi connectivity index (χ1) is 11.6. The highest BCUT2D eigenvalue weighted by Gasteiger charge is 2.55. The van der Waals surface area contributed by atoms with E-state index in [1.54, 1.807) is 0 Å². The molecule has 0 spiro atoms. The number of carboxylic acid groups (broad SMARTS) is 1. The summed E-state index contributed by atoms with van der Waals surface area (Å²) in [6.45, 7) is 0.389. The van der Waals surface area contributed by atoms with E-state index in [0.717, 1.165) is 29.3 Å². The van der Waals surface area contributed by atoms with Gasteiger partial charge in [-0.25, -0.2) is 0 Å². The number of aryl methyl sites for hydroxylation is 1. The number of hydrogen-bond donors (Lipinski definition) is 2. The van der Waals surface area contributed by atoms with Crippen LogP contribution in [0.1, 0.15) is 18.4 Å². The third kappa shape index (κ3) is 2.29. The molecule has 1 amide bonds. The van der Waals surface area contributed by atoms with Crippen LogP contribution in [-0.4, -0.2) is 33.8 Å². The van der Waals surface area contributed by atoms with Crippen molar-refractivity contribution in [3.63, 3.8) is 0 Å². The molecule has 0 radical (unpaired) electrons. The van der Waals surface area contributed by atoms with Crippen molar-refractivity contribution in [2.75, 3.05) is 0 Å². The lowest BCUT2D eigenvalue weighted by Gasteiger charge is -2.24. The number of benzene rings is 1. The third-order valence-electron chi connectivity index (χ3n) is 5.33. The molecule has 4 atom stereocenters. The summed E-state index contributed by atoms with van der Waals surface area (Å²) in [4.78, 5) is 24.1. The molecule has 126 valence electrons. The number of hydrogen-bond acceptors (Lipinski definition) is 3. The van der Waals surface area contributed by atoms with Crippen LogP contribution in [0.5, 0.6) is 0 Å². The lowest BCUT2D eigenvalue weighted by Crippen LogP contribution is -2.43. The second kappa shape index (κ2) is 5.63. The van der Waals surface area contributed by atoms with Crippen LogP contribution >= 0.6 is 0 Å². The van der Waals surface area contributed by atoms with Crippen molar-refractivity contribution in [1.82, 2.24) is 9.88 Å². The van der Waals surface area contributed by atoms with Gasteiger partial charge in [-0.2, -0.15) is 0 Å². The first-order valence-corrected chi connectivity index (χ1v) is 8.25. The van der Waals surface area contributed by atoms with Gasteiger partial charge >= 0.3 is 5.97 Å². The lowest BCUT2D eigenvalue weighted by molar-refractivity contribution is -0.147. The summed E-state index contributed by atoms with van der Waals surface area (Å²) in [5, 5.41) is 13.4. The maximum atomic E-state index is 12.6. The molecule has 2 saturated heterocycles. The van der Waals surface area contributed by atoms with E-state index in [-0.39, 0.29) is 18.1 Å². The minimum Gasteiger partial charge on any atom is -0.481 e. The molecule has 4 rings (SSSR count). The van der Waals surface area contributed by atoms with Gasteiger partial charge in [-0.3, -0.25) is 9.59 Å². The zero-order valence-electron chi connectivity index (χ0n) is 13.4. The van der Waals surface area contributed by atoms with Crippen molar-refractivity contribution < 1.29 is 19.4 Å². The Morgan fingerprint density at radius 3 is 2.75 bits per heavy atom. The monoisotopic (exact) mass is 328 g/mol. The molecule has 2 aliphatic heterocycles. The average molecular weight is 328 g/mol. The summed E-state index contributed by atoms with van der Waals surface area (Å²) in [5.74, 6) is -2.47. The SMILES string of the molecule is Cn1ccc2c(CNC(=O)C3C4CCC(O4)C3C(=O)O)cccc21. The van der Waals surface area contributed by atoms with Gasteiger partial charge in [0.2, 0.25) is 5.91 Å². The summed E-state index contributed by atoms with van der Waals surface area (Å²) in [5.41, 5.74) is 2.13. The molecule has 3 heterocycles. The van der Waals surface area contributed by atoms with Crippen molar-refractivity contribution in [2.45, 2.75) is 31.6 Å². The summed E-state index contributed by atoms with van der Waals surface area (Å²) in [7, 11) is 1.98. The van der Waals surface area contributed by atoms with Crippen LogP contribution in [0.4, 0.5) is 0 Å². The number of ether oxygens (including phenoxy) is 1. The molecule has 2 fully saturated rings. The Labute approximate surface area is 139 Å². The second-order valence-corrected chi connectivity index (χ2v) is 6.67. The van der Waals surface area contributed by atoms with Crippen LogP contribution in [0.15, 0.2) is 30.5 Å². The molecule has 4 unspecified atom stereocenters. The molecule has 2 N–H and O–H groups in total. The first-order valence-electron chi connectivity index (χ1n) is 8.25. The highest BCUT2D eigenvalue weighted by atomic mass is 16.5. The van der Waals surface area contributed by atoms with Crippen LogP contribution in [0, 0.1) is 11.8 Å². The molecule has 1 aromatic carbocycles. The van der Waals surface area contributed by atoms with Crippen molar-refractivity contribution in [2.24, 2.45) is 18.9 Å². The van der Waals surface area contributed by atoms with Crippen LogP contribution in [0.2, 0.25) is 0 Å². The predicted octanol–water partition coefficient (Wildman–Crippen LogP) is 1.67. The van der Waals surface area contributed by atoms with E-state index in [1.165, 1.54) is 0 Å². The van der Waals surface area contributed by atoms with E-state index in [4.69, 9.17) is 4.74 Å².